The van der Waals surface area contributed by atoms with E-state index in [-0.39, 0.29) is 17.7 Å². The van der Waals surface area contributed by atoms with E-state index >= 15 is 0 Å². The quantitative estimate of drug-likeness (QED) is 0.337. The molecule has 1 N–H and O–H groups in total. The number of ether oxygens (including phenoxy) is 1. The van der Waals surface area contributed by atoms with Crippen LogP contribution < -0.4 is 0 Å². The normalized spacial score (nSPS) is 28.0. The Balaban J connectivity index is 2.90. The van der Waals surface area contributed by atoms with Crippen LogP contribution in [-0.4, -0.2) is 28.9 Å². The number of ketones is 1. The Hall–Kier alpha value is -2.43. The van der Waals surface area contributed by atoms with E-state index in [4.69, 9.17) is 4.74 Å². The number of esters is 1. The van der Waals surface area contributed by atoms with Crippen LogP contribution in [0.5, 0.6) is 0 Å². The summed E-state index contributed by atoms with van der Waals surface area (Å²) in [7, 11) is 0. The van der Waals surface area contributed by atoms with E-state index in [0.717, 1.165) is 17.6 Å². The highest BCUT2D eigenvalue weighted by Gasteiger charge is 2.53. The van der Waals surface area contributed by atoms with E-state index in [1.807, 2.05) is 71.1 Å². The van der Waals surface area contributed by atoms with Crippen molar-refractivity contribution in [3.05, 3.63) is 47.6 Å². The van der Waals surface area contributed by atoms with Crippen molar-refractivity contribution in [1.29, 1.82) is 0 Å². The Morgan fingerprint density at radius 3 is 2.38 bits per heavy atom. The molecule has 5 heteroatoms. The largest absolute Gasteiger partial charge is 0.481 e. The van der Waals surface area contributed by atoms with Crippen molar-refractivity contribution >= 4 is 17.7 Å². The minimum atomic E-state index is -0.986. The number of aliphatic carboxylic acids is 1. The van der Waals surface area contributed by atoms with E-state index in [2.05, 4.69) is 0 Å². The molecule has 0 radical (unpaired) electrons. The maximum Gasteiger partial charge on any atom is 0.310 e. The van der Waals surface area contributed by atoms with Crippen molar-refractivity contribution in [3.63, 3.8) is 0 Å². The van der Waals surface area contributed by atoms with Gasteiger partial charge in [-0.1, -0.05) is 69.7 Å². The van der Waals surface area contributed by atoms with Crippen LogP contribution in [0.3, 0.4) is 0 Å². The van der Waals surface area contributed by atoms with Gasteiger partial charge in [0.15, 0.2) is 5.78 Å². The molecule has 0 bridgehead atoms. The van der Waals surface area contributed by atoms with E-state index < -0.39 is 29.3 Å². The van der Waals surface area contributed by atoms with Crippen LogP contribution >= 0.6 is 0 Å². The Kier molecular flexibility index (Phi) is 8.80. The minimum Gasteiger partial charge on any atom is -0.481 e. The second kappa shape index (κ2) is 10.4. The first-order valence-electron chi connectivity index (χ1n) is 10.1. The molecule has 5 nitrogen and oxygen atoms in total. The van der Waals surface area contributed by atoms with Crippen LogP contribution in [0.25, 0.3) is 0 Å². The van der Waals surface area contributed by atoms with Gasteiger partial charge in [-0.15, -0.1) is 0 Å². The van der Waals surface area contributed by atoms with Crippen molar-refractivity contribution in [1.82, 2.24) is 0 Å². The molecule has 160 valence electrons. The second-order valence-corrected chi connectivity index (χ2v) is 8.23. The molecule has 0 amide bonds. The van der Waals surface area contributed by atoms with Crippen molar-refractivity contribution in [2.45, 2.75) is 61.0 Å². The Morgan fingerprint density at radius 2 is 1.83 bits per heavy atom. The van der Waals surface area contributed by atoms with Gasteiger partial charge in [0, 0.05) is 11.3 Å². The number of Topliss-reactive ketones (excluding diaryl/α,β-unsaturated/α-hetero) is 1. The predicted molar refractivity (Wildman–Crippen MR) is 114 cm³/mol. The molecule has 1 unspecified atom stereocenters. The third-order valence-corrected chi connectivity index (χ3v) is 5.92. The van der Waals surface area contributed by atoms with Crippen LogP contribution in [0.2, 0.25) is 0 Å². The zero-order valence-corrected chi connectivity index (χ0v) is 18.6. The van der Waals surface area contributed by atoms with Crippen LogP contribution in [0.4, 0.5) is 0 Å². The van der Waals surface area contributed by atoms with Crippen molar-refractivity contribution in [2.24, 2.45) is 23.2 Å². The molecular weight excluding hydrogens is 368 g/mol. The number of rotatable bonds is 9. The highest BCUT2D eigenvalue weighted by molar-refractivity contribution is 5.96. The summed E-state index contributed by atoms with van der Waals surface area (Å²) >= 11 is 0. The number of carbonyl (C=O) groups is 3. The van der Waals surface area contributed by atoms with Gasteiger partial charge >= 0.3 is 11.9 Å². The summed E-state index contributed by atoms with van der Waals surface area (Å²) in [5.41, 5.74) is 1.00. The van der Waals surface area contributed by atoms with Crippen LogP contribution in [0.1, 0.15) is 54.9 Å². The number of hydrogen-bond donors (Lipinski definition) is 1. The van der Waals surface area contributed by atoms with E-state index in [9.17, 15) is 19.5 Å². The molecule has 1 heterocycles. The summed E-state index contributed by atoms with van der Waals surface area (Å²) in [6.07, 6.45) is 11.2. The summed E-state index contributed by atoms with van der Waals surface area (Å²) in [6.45, 7) is 12.9. The monoisotopic (exact) mass is 402 g/mol. The van der Waals surface area contributed by atoms with Gasteiger partial charge < -0.3 is 9.84 Å². The van der Waals surface area contributed by atoms with E-state index in [1.165, 1.54) is 0 Å². The second-order valence-electron chi connectivity index (χ2n) is 8.23. The van der Waals surface area contributed by atoms with Crippen molar-refractivity contribution in [3.8, 4) is 0 Å². The smallest absolute Gasteiger partial charge is 0.310 e. The SMILES string of the molecule is CCC(C)C(=O)C(C)=CC(C)=CC=CC=C[C@]1(C)[C@@H](C)C(=O)O[C@H]1[C@@H](C)C(=O)O. The molecule has 0 spiro atoms. The fraction of sp³-hybridized carbons (Fsp3) is 0.542. The maximum absolute atomic E-state index is 12.2. The van der Waals surface area contributed by atoms with Crippen LogP contribution in [-0.2, 0) is 19.1 Å². The van der Waals surface area contributed by atoms with Crippen molar-refractivity contribution < 1.29 is 24.2 Å². The summed E-state index contributed by atoms with van der Waals surface area (Å²) in [5, 5.41) is 9.31. The molecule has 1 aliphatic rings. The highest BCUT2D eigenvalue weighted by atomic mass is 16.6. The van der Waals surface area contributed by atoms with Gasteiger partial charge in [-0.3, -0.25) is 14.4 Å². The molecule has 29 heavy (non-hydrogen) atoms. The van der Waals surface area contributed by atoms with Crippen molar-refractivity contribution in [2.75, 3.05) is 0 Å². The highest BCUT2D eigenvalue weighted by Crippen LogP contribution is 2.44. The lowest BCUT2D eigenvalue weighted by atomic mass is 9.72. The molecule has 0 saturated carbocycles. The zero-order valence-electron chi connectivity index (χ0n) is 18.6. The number of carboxylic acid groups (broad SMARTS) is 1. The first-order valence-corrected chi connectivity index (χ1v) is 10.1. The lowest BCUT2D eigenvalue weighted by Gasteiger charge is -2.30. The summed E-state index contributed by atoms with van der Waals surface area (Å²) < 4.78 is 5.36. The zero-order chi connectivity index (χ0) is 22.4. The Morgan fingerprint density at radius 1 is 1.21 bits per heavy atom. The topological polar surface area (TPSA) is 80.7 Å². The molecular formula is C24H34O5. The van der Waals surface area contributed by atoms with Gasteiger partial charge in [-0.2, -0.15) is 0 Å². The molecule has 1 aliphatic heterocycles. The summed E-state index contributed by atoms with van der Waals surface area (Å²) in [5.74, 6) is -2.39. The average Bonchev–Trinajstić information content (AvgIpc) is 2.89. The van der Waals surface area contributed by atoms with Gasteiger partial charge in [-0.25, -0.2) is 0 Å². The standard InChI is InChI=1S/C24H34O5/c1-8-16(3)20(25)17(4)14-15(2)12-10-9-11-13-24(7)19(6)23(28)29-21(24)18(5)22(26)27/h9-14,16,18-19,21H,8H2,1-7H3,(H,26,27)/t16?,18-,19+,21+,24-/m1/s1. The van der Waals surface area contributed by atoms with Gasteiger partial charge in [0.25, 0.3) is 0 Å². The fourth-order valence-electron chi connectivity index (χ4n) is 3.43. The molecule has 0 aromatic heterocycles. The maximum atomic E-state index is 12.2. The molecule has 0 aliphatic carbocycles. The number of cyclic esters (lactones) is 1. The van der Waals surface area contributed by atoms with Gasteiger partial charge in [0.1, 0.15) is 6.10 Å². The van der Waals surface area contributed by atoms with Gasteiger partial charge in [-0.05, 0) is 32.8 Å². The summed E-state index contributed by atoms with van der Waals surface area (Å²) in [6, 6.07) is 0. The molecule has 0 aromatic carbocycles. The molecule has 1 saturated heterocycles. The number of allylic oxidation sites excluding steroid dienone is 7. The molecule has 5 atom stereocenters. The summed E-state index contributed by atoms with van der Waals surface area (Å²) in [4.78, 5) is 35.5. The molecule has 1 fully saturated rings. The number of hydrogen-bond acceptors (Lipinski definition) is 4. The first-order chi connectivity index (χ1) is 13.5. The Labute approximate surface area is 174 Å². The van der Waals surface area contributed by atoms with Gasteiger partial charge in [0.2, 0.25) is 0 Å². The lowest BCUT2D eigenvalue weighted by molar-refractivity contribution is -0.153. The van der Waals surface area contributed by atoms with E-state index in [1.54, 1.807) is 13.8 Å². The third-order valence-electron chi connectivity index (χ3n) is 5.92. The average molecular weight is 403 g/mol. The third kappa shape index (κ3) is 6.02. The predicted octanol–water partition coefficient (Wildman–Crippen LogP) is 4.90. The lowest BCUT2D eigenvalue weighted by Crippen LogP contribution is -2.38. The number of carboxylic acids is 1. The van der Waals surface area contributed by atoms with Crippen LogP contribution in [0.15, 0.2) is 47.6 Å². The minimum absolute atomic E-state index is 0.0257. The Bertz CT molecular complexity index is 755. The molecule has 0 aromatic rings. The number of carbonyl (C=O) groups excluding carboxylic acids is 2. The van der Waals surface area contributed by atoms with Gasteiger partial charge in [0.05, 0.1) is 11.8 Å². The first kappa shape index (κ1) is 24.6. The molecule has 1 rings (SSSR count). The van der Waals surface area contributed by atoms with E-state index in [0.29, 0.717) is 0 Å². The fourth-order valence-corrected chi connectivity index (χ4v) is 3.43. The van der Waals surface area contributed by atoms with Crippen LogP contribution in [0, 0.1) is 23.2 Å².